The van der Waals surface area contributed by atoms with Gasteiger partial charge >= 0.3 is 0 Å². The lowest BCUT2D eigenvalue weighted by atomic mass is 10.2. The molecule has 1 atom stereocenters. The Kier molecular flexibility index (Phi) is 5.17. The summed E-state index contributed by atoms with van der Waals surface area (Å²) in [7, 11) is 0. The standard InChI is InChI=1S/C17H24FN5O/c1-13-12-20-17(21-13)19-7-6-16(24)23-10-8-22(9-11-23)15-4-2-14(18)3-5-15/h2-5,13H,6-12H2,1H3,(H2,19,20,21). The molecule has 0 aliphatic carbocycles. The van der Waals surface area contributed by atoms with E-state index in [0.717, 1.165) is 31.3 Å². The van der Waals surface area contributed by atoms with Crippen molar-refractivity contribution < 1.29 is 9.18 Å². The molecule has 0 radical (unpaired) electrons. The molecule has 1 aromatic rings. The maximum atomic E-state index is 13.0. The number of aliphatic imine (C=N–C) groups is 1. The van der Waals surface area contributed by atoms with E-state index in [1.165, 1.54) is 12.1 Å². The third-order valence-electron chi connectivity index (χ3n) is 4.36. The summed E-state index contributed by atoms with van der Waals surface area (Å²) in [5, 5.41) is 6.38. The van der Waals surface area contributed by atoms with Crippen molar-refractivity contribution in [1.82, 2.24) is 15.5 Å². The number of amides is 1. The fourth-order valence-corrected chi connectivity index (χ4v) is 2.97. The van der Waals surface area contributed by atoms with Gasteiger partial charge in [0.2, 0.25) is 5.91 Å². The number of carbonyl (C=O) groups excluding carboxylic acids is 1. The first-order valence-corrected chi connectivity index (χ1v) is 8.45. The molecule has 1 saturated heterocycles. The Balaban J connectivity index is 1.39. The van der Waals surface area contributed by atoms with Crippen molar-refractivity contribution in [3.63, 3.8) is 0 Å². The van der Waals surface area contributed by atoms with Crippen LogP contribution in [0.4, 0.5) is 10.1 Å². The number of hydrogen-bond acceptors (Lipinski definition) is 5. The Bertz CT molecular complexity index is 596. The van der Waals surface area contributed by atoms with Gasteiger partial charge in [0.05, 0.1) is 6.54 Å². The SMILES string of the molecule is CC1CN=C(NCCC(=O)N2CCN(c3ccc(F)cc3)CC2)N1. The first kappa shape index (κ1) is 16.5. The van der Waals surface area contributed by atoms with E-state index in [9.17, 15) is 9.18 Å². The molecular weight excluding hydrogens is 309 g/mol. The van der Waals surface area contributed by atoms with Crippen LogP contribution in [0.25, 0.3) is 0 Å². The second kappa shape index (κ2) is 7.51. The van der Waals surface area contributed by atoms with Gasteiger partial charge in [0.15, 0.2) is 5.96 Å². The Hall–Kier alpha value is -2.31. The first-order chi connectivity index (χ1) is 11.6. The summed E-state index contributed by atoms with van der Waals surface area (Å²) in [6, 6.07) is 6.88. The van der Waals surface area contributed by atoms with Crippen molar-refractivity contribution in [2.75, 3.05) is 44.2 Å². The van der Waals surface area contributed by atoms with Crippen LogP contribution < -0.4 is 15.5 Å². The number of anilines is 1. The monoisotopic (exact) mass is 333 g/mol. The van der Waals surface area contributed by atoms with Gasteiger partial charge in [-0.2, -0.15) is 0 Å². The number of nitrogens with one attached hydrogen (secondary N) is 2. The number of carbonyl (C=O) groups is 1. The van der Waals surface area contributed by atoms with Crippen LogP contribution in [-0.4, -0.2) is 62.1 Å². The van der Waals surface area contributed by atoms with Gasteiger partial charge in [0.1, 0.15) is 5.82 Å². The van der Waals surface area contributed by atoms with Crippen molar-refractivity contribution in [2.45, 2.75) is 19.4 Å². The molecule has 2 heterocycles. The molecule has 7 heteroatoms. The number of benzene rings is 1. The fraction of sp³-hybridized carbons (Fsp3) is 0.529. The highest BCUT2D eigenvalue weighted by Crippen LogP contribution is 2.17. The molecule has 1 unspecified atom stereocenters. The van der Waals surface area contributed by atoms with E-state index in [-0.39, 0.29) is 11.7 Å². The van der Waals surface area contributed by atoms with Gasteiger partial charge < -0.3 is 20.4 Å². The molecule has 1 amide bonds. The summed E-state index contributed by atoms with van der Waals surface area (Å²) >= 11 is 0. The van der Waals surface area contributed by atoms with E-state index in [1.807, 2.05) is 4.90 Å². The molecule has 2 N–H and O–H groups in total. The molecule has 2 aliphatic rings. The Morgan fingerprint density at radius 3 is 2.62 bits per heavy atom. The summed E-state index contributed by atoms with van der Waals surface area (Å²) in [6.45, 7) is 6.40. The quantitative estimate of drug-likeness (QED) is 0.856. The molecule has 130 valence electrons. The van der Waals surface area contributed by atoms with Crippen LogP contribution in [0.1, 0.15) is 13.3 Å². The average Bonchev–Trinajstić information content (AvgIpc) is 3.01. The van der Waals surface area contributed by atoms with E-state index in [2.05, 4.69) is 27.4 Å². The second-order valence-corrected chi connectivity index (χ2v) is 6.26. The maximum absolute atomic E-state index is 13.0. The van der Waals surface area contributed by atoms with Crippen LogP contribution in [0.3, 0.4) is 0 Å². The molecule has 0 aromatic heterocycles. The molecule has 1 fully saturated rings. The third kappa shape index (κ3) is 4.15. The van der Waals surface area contributed by atoms with Gasteiger partial charge in [-0.1, -0.05) is 0 Å². The topological polar surface area (TPSA) is 60.0 Å². The van der Waals surface area contributed by atoms with Crippen molar-refractivity contribution in [3.05, 3.63) is 30.1 Å². The van der Waals surface area contributed by atoms with E-state index in [1.54, 1.807) is 12.1 Å². The van der Waals surface area contributed by atoms with Crippen LogP contribution in [0, 0.1) is 5.82 Å². The molecule has 0 spiro atoms. The number of hydrogen-bond donors (Lipinski definition) is 2. The highest BCUT2D eigenvalue weighted by molar-refractivity contribution is 5.82. The average molecular weight is 333 g/mol. The van der Waals surface area contributed by atoms with E-state index in [0.29, 0.717) is 32.1 Å². The van der Waals surface area contributed by atoms with Gasteiger partial charge in [0, 0.05) is 50.9 Å². The zero-order valence-corrected chi connectivity index (χ0v) is 14.0. The minimum Gasteiger partial charge on any atom is -0.368 e. The molecule has 6 nitrogen and oxygen atoms in total. The van der Waals surface area contributed by atoms with Crippen molar-refractivity contribution in [3.8, 4) is 0 Å². The minimum absolute atomic E-state index is 0.160. The lowest BCUT2D eigenvalue weighted by molar-refractivity contribution is -0.131. The molecule has 1 aromatic carbocycles. The number of guanidine groups is 1. The summed E-state index contributed by atoms with van der Waals surface area (Å²) < 4.78 is 13.0. The Morgan fingerprint density at radius 1 is 1.29 bits per heavy atom. The minimum atomic E-state index is -0.226. The lowest BCUT2D eigenvalue weighted by Gasteiger charge is -2.36. The maximum Gasteiger partial charge on any atom is 0.224 e. The summed E-state index contributed by atoms with van der Waals surface area (Å²) in [5.74, 6) is 0.722. The van der Waals surface area contributed by atoms with E-state index < -0.39 is 0 Å². The zero-order chi connectivity index (χ0) is 16.9. The fourth-order valence-electron chi connectivity index (χ4n) is 2.97. The highest BCUT2D eigenvalue weighted by Gasteiger charge is 2.21. The predicted octanol–water partition coefficient (Wildman–Crippen LogP) is 0.802. The molecule has 0 saturated carbocycles. The Labute approximate surface area is 141 Å². The number of piperazine rings is 1. The van der Waals surface area contributed by atoms with E-state index >= 15 is 0 Å². The molecule has 0 bridgehead atoms. The van der Waals surface area contributed by atoms with Crippen LogP contribution in [0.5, 0.6) is 0 Å². The van der Waals surface area contributed by atoms with Crippen molar-refractivity contribution >= 4 is 17.6 Å². The van der Waals surface area contributed by atoms with Gasteiger partial charge in [-0.15, -0.1) is 0 Å². The largest absolute Gasteiger partial charge is 0.368 e. The van der Waals surface area contributed by atoms with Crippen LogP contribution in [0.2, 0.25) is 0 Å². The van der Waals surface area contributed by atoms with Gasteiger partial charge in [-0.05, 0) is 31.2 Å². The number of rotatable bonds is 4. The number of nitrogens with zero attached hydrogens (tertiary/aromatic N) is 3. The van der Waals surface area contributed by atoms with Crippen molar-refractivity contribution in [2.24, 2.45) is 4.99 Å². The molecule has 2 aliphatic heterocycles. The predicted molar refractivity (Wildman–Crippen MR) is 92.7 cm³/mol. The third-order valence-corrected chi connectivity index (χ3v) is 4.36. The summed E-state index contributed by atoms with van der Waals surface area (Å²) in [4.78, 5) is 20.7. The van der Waals surface area contributed by atoms with E-state index in [4.69, 9.17) is 0 Å². The summed E-state index contributed by atoms with van der Waals surface area (Å²) in [6.07, 6.45) is 0.464. The number of halogens is 1. The lowest BCUT2D eigenvalue weighted by Crippen LogP contribution is -2.49. The van der Waals surface area contributed by atoms with Gasteiger partial charge in [-0.3, -0.25) is 9.79 Å². The zero-order valence-electron chi connectivity index (χ0n) is 14.0. The van der Waals surface area contributed by atoms with Crippen LogP contribution in [-0.2, 0) is 4.79 Å². The smallest absolute Gasteiger partial charge is 0.224 e. The Morgan fingerprint density at radius 2 is 2.00 bits per heavy atom. The van der Waals surface area contributed by atoms with Gasteiger partial charge in [-0.25, -0.2) is 4.39 Å². The van der Waals surface area contributed by atoms with Gasteiger partial charge in [0.25, 0.3) is 0 Å². The normalized spacial score (nSPS) is 20.6. The second-order valence-electron chi connectivity index (χ2n) is 6.26. The van der Waals surface area contributed by atoms with Crippen molar-refractivity contribution in [1.29, 1.82) is 0 Å². The summed E-state index contributed by atoms with van der Waals surface area (Å²) in [5.41, 5.74) is 1.00. The van der Waals surface area contributed by atoms with Crippen LogP contribution in [0.15, 0.2) is 29.3 Å². The highest BCUT2D eigenvalue weighted by atomic mass is 19.1. The first-order valence-electron chi connectivity index (χ1n) is 8.45. The molecular formula is C17H24FN5O. The molecule has 24 heavy (non-hydrogen) atoms. The van der Waals surface area contributed by atoms with Crippen LogP contribution >= 0.6 is 0 Å². The molecule has 3 rings (SSSR count).